The van der Waals surface area contributed by atoms with Crippen LogP contribution in [0.2, 0.25) is 0 Å². The molecular formula is C14H15ClN2O5. The van der Waals surface area contributed by atoms with Crippen LogP contribution in [0.25, 0.3) is 0 Å². The van der Waals surface area contributed by atoms with E-state index in [9.17, 15) is 9.59 Å². The molecule has 1 aliphatic heterocycles. The van der Waals surface area contributed by atoms with Gasteiger partial charge in [0, 0.05) is 12.8 Å². The van der Waals surface area contributed by atoms with Crippen LogP contribution in [-0.4, -0.2) is 34.5 Å². The van der Waals surface area contributed by atoms with Crippen molar-refractivity contribution in [3.63, 3.8) is 0 Å². The number of carbonyl (C=O) groups is 2. The van der Waals surface area contributed by atoms with Crippen molar-refractivity contribution < 1.29 is 24.3 Å². The summed E-state index contributed by atoms with van der Waals surface area (Å²) in [5.74, 6) is -1.18. The minimum Gasteiger partial charge on any atom is -0.480 e. The lowest BCUT2D eigenvalue weighted by Gasteiger charge is -2.17. The van der Waals surface area contributed by atoms with E-state index in [4.69, 9.17) is 26.3 Å². The van der Waals surface area contributed by atoms with Crippen molar-refractivity contribution in [2.45, 2.75) is 31.6 Å². The number of carbonyl (C=O) groups excluding carboxylic acids is 1. The first kappa shape index (κ1) is 16.1. The van der Waals surface area contributed by atoms with Gasteiger partial charge in [0.25, 0.3) is 0 Å². The average molecular weight is 327 g/mol. The Kier molecular flexibility index (Phi) is 5.60. The Morgan fingerprint density at radius 1 is 1.45 bits per heavy atom. The predicted molar refractivity (Wildman–Crippen MR) is 78.6 cm³/mol. The van der Waals surface area contributed by atoms with E-state index in [0.29, 0.717) is 6.42 Å². The van der Waals surface area contributed by atoms with E-state index in [1.54, 1.807) is 12.1 Å². The maximum absolute atomic E-state index is 11.7. The minimum absolute atomic E-state index is 0.0511. The topological polar surface area (TPSA) is 97.2 Å². The fraction of sp³-hybridized carbons (Fsp3) is 0.357. The number of benzene rings is 1. The zero-order chi connectivity index (χ0) is 15.9. The number of alkyl carbamates (subject to hydrolysis) is 1. The van der Waals surface area contributed by atoms with Crippen molar-refractivity contribution in [3.05, 3.63) is 35.9 Å². The highest BCUT2D eigenvalue weighted by molar-refractivity contribution is 6.65. The molecule has 2 rings (SSSR count). The molecule has 8 heteroatoms. The largest absolute Gasteiger partial charge is 0.480 e. The lowest BCUT2D eigenvalue weighted by Crippen LogP contribution is -2.43. The molecule has 118 valence electrons. The first-order valence-corrected chi connectivity index (χ1v) is 7.00. The second-order valence-corrected chi connectivity index (χ2v) is 5.17. The van der Waals surface area contributed by atoms with E-state index in [-0.39, 0.29) is 18.2 Å². The van der Waals surface area contributed by atoms with Crippen molar-refractivity contribution in [2.24, 2.45) is 5.16 Å². The van der Waals surface area contributed by atoms with E-state index < -0.39 is 24.2 Å². The number of oxime groups is 1. The Bertz CT molecular complexity index is 564. The number of carboxylic acid groups (broad SMARTS) is 1. The lowest BCUT2D eigenvalue weighted by atomic mass is 10.1. The smallest absolute Gasteiger partial charge is 0.408 e. The van der Waals surface area contributed by atoms with E-state index >= 15 is 0 Å². The standard InChI is InChI=1S/C14H15ClN2O5/c15-12-7-10(22-17-12)6-11(13(18)19)16-14(20)21-8-9-4-2-1-3-5-9/h1-5,10-11H,6-8H2,(H,16,20)(H,18,19)/t10-,11-/m1/s1. The number of hydrogen-bond donors (Lipinski definition) is 2. The zero-order valence-electron chi connectivity index (χ0n) is 11.6. The van der Waals surface area contributed by atoms with Crippen molar-refractivity contribution in [3.8, 4) is 0 Å². The van der Waals surface area contributed by atoms with Gasteiger partial charge in [0.2, 0.25) is 0 Å². The van der Waals surface area contributed by atoms with Crippen LogP contribution >= 0.6 is 11.6 Å². The van der Waals surface area contributed by atoms with Crippen molar-refractivity contribution in [1.82, 2.24) is 5.32 Å². The number of ether oxygens (including phenoxy) is 1. The number of halogens is 1. The summed E-state index contributed by atoms with van der Waals surface area (Å²) in [4.78, 5) is 27.8. The summed E-state index contributed by atoms with van der Waals surface area (Å²) in [5, 5.41) is 15.2. The van der Waals surface area contributed by atoms with Gasteiger partial charge in [0.15, 0.2) is 0 Å². The number of nitrogens with one attached hydrogen (secondary N) is 1. The summed E-state index contributed by atoms with van der Waals surface area (Å²) in [6.45, 7) is 0.0634. The number of nitrogens with zero attached hydrogens (tertiary/aromatic N) is 1. The number of carboxylic acids is 1. The van der Waals surface area contributed by atoms with Crippen molar-refractivity contribution in [1.29, 1.82) is 0 Å². The molecule has 0 aromatic heterocycles. The molecule has 1 heterocycles. The summed E-state index contributed by atoms with van der Waals surface area (Å²) in [5.41, 5.74) is 0.809. The van der Waals surface area contributed by atoms with Gasteiger partial charge in [-0.05, 0) is 5.56 Å². The molecule has 1 amide bonds. The molecule has 0 fully saturated rings. The second-order valence-electron chi connectivity index (χ2n) is 4.73. The monoisotopic (exact) mass is 326 g/mol. The fourth-order valence-corrected chi connectivity index (χ4v) is 2.12. The van der Waals surface area contributed by atoms with Gasteiger partial charge in [-0.25, -0.2) is 9.59 Å². The third-order valence-electron chi connectivity index (χ3n) is 3.00. The Hall–Kier alpha value is -2.28. The minimum atomic E-state index is -1.18. The first-order valence-electron chi connectivity index (χ1n) is 6.63. The van der Waals surface area contributed by atoms with Crippen LogP contribution in [0.3, 0.4) is 0 Å². The SMILES string of the molecule is O=C(N[C@H](C[C@@H]1CC(Cl)=NO1)C(=O)O)OCc1ccccc1. The molecule has 7 nitrogen and oxygen atoms in total. The molecule has 1 aliphatic rings. The molecule has 22 heavy (non-hydrogen) atoms. The lowest BCUT2D eigenvalue weighted by molar-refractivity contribution is -0.140. The van der Waals surface area contributed by atoms with E-state index in [0.717, 1.165) is 5.56 Å². The van der Waals surface area contributed by atoms with Crippen molar-refractivity contribution >= 4 is 28.8 Å². The molecule has 2 N–H and O–H groups in total. The maximum Gasteiger partial charge on any atom is 0.408 e. The van der Waals surface area contributed by atoms with E-state index in [1.807, 2.05) is 18.2 Å². The highest BCUT2D eigenvalue weighted by Gasteiger charge is 2.29. The van der Waals surface area contributed by atoms with Crippen LogP contribution in [0, 0.1) is 0 Å². The number of aliphatic carboxylic acids is 1. The highest BCUT2D eigenvalue weighted by atomic mass is 35.5. The van der Waals surface area contributed by atoms with Gasteiger partial charge in [-0.15, -0.1) is 0 Å². The van der Waals surface area contributed by atoms with Crippen LogP contribution in [0.4, 0.5) is 4.79 Å². The Labute approximate surface area is 131 Å². The van der Waals surface area contributed by atoms with Gasteiger partial charge >= 0.3 is 12.1 Å². The van der Waals surface area contributed by atoms with Gasteiger partial charge in [0.1, 0.15) is 23.9 Å². The summed E-state index contributed by atoms with van der Waals surface area (Å²) in [6.07, 6.45) is -0.897. The fourth-order valence-electron chi connectivity index (χ4n) is 1.91. The second kappa shape index (κ2) is 7.65. The maximum atomic E-state index is 11.7. The summed E-state index contributed by atoms with van der Waals surface area (Å²) in [6, 6.07) is 7.95. The Morgan fingerprint density at radius 3 is 2.77 bits per heavy atom. The third-order valence-corrected chi connectivity index (χ3v) is 3.22. The molecule has 1 aromatic carbocycles. The van der Waals surface area contributed by atoms with E-state index in [1.165, 1.54) is 0 Å². The molecule has 0 saturated carbocycles. The van der Waals surface area contributed by atoms with Crippen molar-refractivity contribution in [2.75, 3.05) is 0 Å². The first-order chi connectivity index (χ1) is 10.5. The van der Waals surface area contributed by atoms with Crippen LogP contribution < -0.4 is 5.32 Å². The Balaban J connectivity index is 1.80. The van der Waals surface area contributed by atoms with Gasteiger partial charge in [-0.1, -0.05) is 47.1 Å². The Morgan fingerprint density at radius 2 is 2.18 bits per heavy atom. The molecule has 0 unspecified atom stereocenters. The molecule has 1 aromatic rings. The van der Waals surface area contributed by atoms with Gasteiger partial charge in [-0.3, -0.25) is 0 Å². The van der Waals surface area contributed by atoms with Crippen LogP contribution in [0.5, 0.6) is 0 Å². The van der Waals surface area contributed by atoms with Crippen LogP contribution in [-0.2, 0) is 21.0 Å². The average Bonchev–Trinajstić information content (AvgIpc) is 2.91. The van der Waals surface area contributed by atoms with Crippen LogP contribution in [0.15, 0.2) is 35.5 Å². The predicted octanol–water partition coefficient (Wildman–Crippen LogP) is 2.10. The number of rotatable bonds is 6. The normalized spacial score (nSPS) is 18.0. The third kappa shape index (κ3) is 4.92. The number of amides is 1. The summed E-state index contributed by atoms with van der Waals surface area (Å²) < 4.78 is 4.99. The van der Waals surface area contributed by atoms with Gasteiger partial charge < -0.3 is 20.0 Å². The zero-order valence-corrected chi connectivity index (χ0v) is 12.3. The van der Waals surface area contributed by atoms with Gasteiger partial charge in [-0.2, -0.15) is 0 Å². The molecule has 2 atom stereocenters. The molecular weight excluding hydrogens is 312 g/mol. The molecule has 0 spiro atoms. The number of hydrogen-bond acceptors (Lipinski definition) is 5. The highest BCUT2D eigenvalue weighted by Crippen LogP contribution is 2.17. The van der Waals surface area contributed by atoms with Crippen LogP contribution in [0.1, 0.15) is 18.4 Å². The summed E-state index contributed by atoms with van der Waals surface area (Å²) in [7, 11) is 0. The molecule has 0 saturated heterocycles. The molecule has 0 aliphatic carbocycles. The van der Waals surface area contributed by atoms with Gasteiger partial charge in [0.05, 0.1) is 0 Å². The van der Waals surface area contributed by atoms with E-state index in [2.05, 4.69) is 10.5 Å². The molecule has 0 bridgehead atoms. The quantitative estimate of drug-likeness (QED) is 0.834. The molecule has 0 radical (unpaired) electrons. The summed E-state index contributed by atoms with van der Waals surface area (Å²) >= 11 is 5.66.